The Morgan fingerprint density at radius 1 is 0.318 bits per heavy atom. The number of ether oxygens (including phenoxy) is 14. The van der Waals surface area contributed by atoms with Crippen LogP contribution in [-0.4, -0.2) is 113 Å². The fourth-order valence-corrected chi connectivity index (χ4v) is 19.3. The van der Waals surface area contributed by atoms with Gasteiger partial charge in [0.05, 0.1) is 72.5 Å². The van der Waals surface area contributed by atoms with Crippen LogP contribution in [0.1, 0.15) is 159 Å². The number of aliphatic hydroxyl groups is 4. The van der Waals surface area contributed by atoms with E-state index in [2.05, 4.69) is 6.07 Å². The van der Waals surface area contributed by atoms with E-state index in [4.69, 9.17) is 66.3 Å². The summed E-state index contributed by atoms with van der Waals surface area (Å²) in [4.78, 5) is 50.9. The minimum absolute atomic E-state index is 0.0533. The van der Waals surface area contributed by atoms with Gasteiger partial charge in [0, 0.05) is 84.4 Å². The van der Waals surface area contributed by atoms with Gasteiger partial charge in [-0.3, -0.25) is 19.2 Å². The van der Waals surface area contributed by atoms with Crippen LogP contribution in [0.3, 0.4) is 0 Å². The third-order valence-corrected chi connectivity index (χ3v) is 24.2. The van der Waals surface area contributed by atoms with E-state index < -0.39 is 30.3 Å². The first-order valence-electron chi connectivity index (χ1n) is 36.4. The van der Waals surface area contributed by atoms with E-state index in [0.717, 1.165) is 102 Å². The SMILES string of the molecule is COc1cc(C)cc([C@@H]2c3cc4c(cc3[C@H](O)[C@H]3COC(=O)[C@@H]23)OCO4)c1.COc1ccc([C@@H]2c3cc4c(cc3[C@H](O)[C@H]3CCC(=O)[C@@H]23)OCO4)cc1.COc1ccc([C@@H]2c3cc4c(cc3[C@H](O)[C@H]3CCC(=O)[C@@H]23)OCO4)cc1OC.COc1cccc([C@@H]2c3cc4c(cc3[C@H](O)[C@H]3CCC(=O)[C@@H]23)OCO4)c1. The van der Waals surface area contributed by atoms with Crippen molar-refractivity contribution in [1.82, 2.24) is 0 Å². The number of hydrogen-bond donors (Lipinski definition) is 4. The lowest BCUT2D eigenvalue weighted by Crippen LogP contribution is -2.34. The van der Waals surface area contributed by atoms with Crippen LogP contribution in [0.25, 0.3) is 0 Å². The van der Waals surface area contributed by atoms with Crippen molar-refractivity contribution >= 4 is 23.3 Å². The van der Waals surface area contributed by atoms with Gasteiger partial charge in [0.15, 0.2) is 57.5 Å². The fraction of sp³-hybridized carbons (Fsp3) is 0.388. The van der Waals surface area contributed by atoms with Gasteiger partial charge in [0.1, 0.15) is 34.6 Å². The predicted octanol–water partition coefficient (Wildman–Crippen LogP) is 12.3. The molecule has 7 aliphatic carbocycles. The highest BCUT2D eigenvalue weighted by Gasteiger charge is 2.55. The van der Waals surface area contributed by atoms with Gasteiger partial charge in [-0.1, -0.05) is 36.4 Å². The number of cyclic esters (lactones) is 1. The Bertz CT molecular complexity index is 4860. The van der Waals surface area contributed by atoms with Crippen LogP contribution in [-0.2, 0) is 23.9 Å². The Morgan fingerprint density at radius 3 is 1.09 bits per heavy atom. The van der Waals surface area contributed by atoms with Gasteiger partial charge in [0.2, 0.25) is 27.2 Å². The Morgan fingerprint density at radius 2 is 0.682 bits per heavy atom. The van der Waals surface area contributed by atoms with Gasteiger partial charge >= 0.3 is 5.97 Å². The van der Waals surface area contributed by atoms with Crippen LogP contribution in [0, 0.1) is 54.3 Å². The summed E-state index contributed by atoms with van der Waals surface area (Å²) in [5, 5.41) is 43.9. The summed E-state index contributed by atoms with van der Waals surface area (Å²) in [5.74, 6) is 6.92. The van der Waals surface area contributed by atoms with E-state index in [1.165, 1.54) is 0 Å². The molecule has 0 unspecified atom stereocenters. The van der Waals surface area contributed by atoms with Crippen LogP contribution < -0.4 is 61.6 Å². The molecular weight excluding hydrogens is 1370 g/mol. The molecule has 4 N–H and O–H groups in total. The van der Waals surface area contributed by atoms with Crippen molar-refractivity contribution in [2.24, 2.45) is 47.3 Å². The van der Waals surface area contributed by atoms with Crippen molar-refractivity contribution in [3.8, 4) is 74.7 Å². The number of rotatable bonds is 9. The maximum Gasteiger partial charge on any atom is 0.310 e. The Kier molecular flexibility index (Phi) is 18.2. The third-order valence-electron chi connectivity index (χ3n) is 24.2. The summed E-state index contributed by atoms with van der Waals surface area (Å²) in [5.41, 5.74) is 12.1. The van der Waals surface area contributed by atoms with E-state index in [1.807, 2.05) is 134 Å². The second-order valence-electron chi connectivity index (χ2n) is 29.4. The molecule has 12 aliphatic rings. The Hall–Kier alpha value is -10.5. The maximum absolute atomic E-state index is 12.8. The number of fused-ring (bicyclic) bond motifs is 12. The van der Waals surface area contributed by atoms with Crippen LogP contribution >= 0.6 is 0 Å². The largest absolute Gasteiger partial charge is 0.497 e. The number of aryl methyl sites for hydroxylation is 1. The van der Waals surface area contributed by atoms with E-state index in [1.54, 1.807) is 35.5 Å². The van der Waals surface area contributed by atoms with E-state index in [9.17, 15) is 39.6 Å². The minimum Gasteiger partial charge on any atom is -0.497 e. The molecule has 0 aromatic heterocycles. The molecule has 8 aromatic carbocycles. The van der Waals surface area contributed by atoms with Gasteiger partial charge in [-0.2, -0.15) is 0 Å². The Labute approximate surface area is 617 Å². The highest BCUT2D eigenvalue weighted by molar-refractivity contribution is 5.88. The average Bonchev–Trinajstić information content (AvgIpc) is 1.70. The average molecular weight is 1460 g/mol. The highest BCUT2D eigenvalue weighted by atomic mass is 16.7. The quantitative estimate of drug-likeness (QED) is 0.0977. The van der Waals surface area contributed by atoms with Crippen LogP contribution in [0.5, 0.6) is 74.7 Å². The third kappa shape index (κ3) is 11.9. The van der Waals surface area contributed by atoms with Gasteiger partial charge in [-0.25, -0.2) is 0 Å². The number of ketones is 3. The number of carbonyl (C=O) groups is 4. The summed E-state index contributed by atoms with van der Waals surface area (Å²) in [7, 11) is 8.10. The van der Waals surface area contributed by atoms with E-state index in [0.29, 0.717) is 83.2 Å². The van der Waals surface area contributed by atoms with Crippen molar-refractivity contribution in [1.29, 1.82) is 0 Å². The van der Waals surface area contributed by atoms with Crippen molar-refractivity contribution in [2.45, 2.75) is 93.5 Å². The molecule has 22 heteroatoms. The number of methoxy groups -OCH3 is 5. The first-order chi connectivity index (χ1) is 52.0. The van der Waals surface area contributed by atoms with E-state index >= 15 is 0 Å². The maximum atomic E-state index is 12.8. The molecule has 20 rings (SSSR count). The molecule has 554 valence electrons. The molecule has 107 heavy (non-hydrogen) atoms. The van der Waals surface area contributed by atoms with Crippen molar-refractivity contribution in [2.75, 3.05) is 69.3 Å². The number of hydrogen-bond acceptors (Lipinski definition) is 22. The number of benzene rings is 8. The standard InChI is InChI=1S/C22H22O6.C21H20O6.2C21H20O5/c1-25-16-6-3-11(7-17(16)26-2)20-13-8-18-19(28-10-27-18)9-14(13)22(24)12-4-5-15(23)21(12)20;1-10-3-11(5-12(4-10)24-2)18-13-6-16-17(27-9-26-16)7-14(13)20(22)15-8-25-21(23)19(15)18;1-24-12-4-2-11(3-5-12)19-14-8-17-18(26-10-25-17)9-15(14)21(23)13-6-7-16(22)20(13)19;1-24-12-4-2-3-11(7-12)19-14-8-17-18(26-10-25-17)9-15(14)21(23)13-5-6-16(22)20(13)19/h3,6-9,12,20-22,24H,4-5,10H2,1-2H3;3-7,15,18-20,22H,8-9H2,1-2H3;2-5,8-9,13,19-21,23H,6-7,10H2,1H3;2-4,7-9,13,19-21,23H,5-6,10H2,1H3/t12-,20+,21-,22+;15-,18+,19+,20-;2*13-,19+,20-,21+/m0000/s1. The highest BCUT2D eigenvalue weighted by Crippen LogP contribution is 2.61. The van der Waals surface area contributed by atoms with Crippen LogP contribution in [0.4, 0.5) is 0 Å². The molecule has 16 atom stereocenters. The first-order valence-corrected chi connectivity index (χ1v) is 36.4. The molecule has 8 aromatic rings. The number of carbonyl (C=O) groups excluding carboxylic acids is 4. The number of Topliss-reactive ketones (excluding diaryl/α,β-unsaturated/α-hetero) is 3. The zero-order valence-electron chi connectivity index (χ0n) is 59.9. The summed E-state index contributed by atoms with van der Waals surface area (Å²) in [6.07, 6.45) is 0.922. The lowest BCUT2D eigenvalue weighted by Gasteiger charge is -2.38. The first kappa shape index (κ1) is 69.5. The second-order valence-corrected chi connectivity index (χ2v) is 29.4. The molecule has 1 saturated heterocycles. The van der Waals surface area contributed by atoms with Crippen molar-refractivity contribution < 1.29 is 106 Å². The molecule has 3 saturated carbocycles. The second kappa shape index (κ2) is 28.0. The van der Waals surface area contributed by atoms with Gasteiger partial charge < -0.3 is 86.7 Å². The van der Waals surface area contributed by atoms with Crippen molar-refractivity contribution in [3.05, 3.63) is 206 Å². The molecule has 5 aliphatic heterocycles. The molecule has 22 nitrogen and oxygen atoms in total. The van der Waals surface area contributed by atoms with Crippen LogP contribution in [0.15, 0.2) is 133 Å². The smallest absolute Gasteiger partial charge is 0.310 e. The number of esters is 1. The molecule has 0 spiro atoms. The van der Waals surface area contributed by atoms with Gasteiger partial charge in [0.25, 0.3) is 0 Å². The predicted molar refractivity (Wildman–Crippen MR) is 382 cm³/mol. The van der Waals surface area contributed by atoms with Gasteiger partial charge in [-0.05, 0) is 196 Å². The summed E-state index contributed by atoms with van der Waals surface area (Å²) in [6, 6.07) is 42.6. The van der Waals surface area contributed by atoms with E-state index in [-0.39, 0.29) is 122 Å². The fourth-order valence-electron chi connectivity index (χ4n) is 19.3. The molecule has 0 radical (unpaired) electrons. The normalized spacial score (nSPS) is 28.1. The minimum atomic E-state index is -0.783. The zero-order valence-corrected chi connectivity index (χ0v) is 59.9. The lowest BCUT2D eigenvalue weighted by atomic mass is 9.66. The van der Waals surface area contributed by atoms with Crippen LogP contribution in [0.2, 0.25) is 0 Å². The van der Waals surface area contributed by atoms with Crippen molar-refractivity contribution in [3.63, 3.8) is 0 Å². The summed E-state index contributed by atoms with van der Waals surface area (Å²) < 4.78 is 76.5. The lowest BCUT2D eigenvalue weighted by molar-refractivity contribution is -0.141. The zero-order chi connectivity index (χ0) is 73.8. The summed E-state index contributed by atoms with van der Waals surface area (Å²) in [6.45, 7) is 2.91. The molecule has 5 heterocycles. The molecule has 0 bridgehead atoms. The Balaban J connectivity index is 0.000000105. The summed E-state index contributed by atoms with van der Waals surface area (Å²) >= 11 is 0. The number of aliphatic hydroxyl groups excluding tert-OH is 4. The monoisotopic (exact) mass is 1450 g/mol. The van der Waals surface area contributed by atoms with Gasteiger partial charge in [-0.15, -0.1) is 0 Å². The topological polar surface area (TPSA) is 278 Å². The molecular formula is C85H82O22. The molecule has 0 amide bonds. The molecule has 4 fully saturated rings.